The molecule has 1 fully saturated rings. The third kappa shape index (κ3) is 2.91. The molecule has 0 aliphatic heterocycles. The summed E-state index contributed by atoms with van der Waals surface area (Å²) in [7, 11) is -3.88. The Morgan fingerprint density at radius 3 is 2.27 bits per heavy atom. The van der Waals surface area contributed by atoms with Gasteiger partial charge in [-0.3, -0.25) is 0 Å². The maximum atomic E-state index is 13.2. The zero-order valence-electron chi connectivity index (χ0n) is 14.5. The van der Waals surface area contributed by atoms with Crippen LogP contribution in [0.25, 0.3) is 0 Å². The van der Waals surface area contributed by atoms with Crippen molar-refractivity contribution in [3.05, 3.63) is 65.5 Å². The highest BCUT2D eigenvalue weighted by atomic mass is 32.2. The summed E-state index contributed by atoms with van der Waals surface area (Å²) in [6.45, 7) is 3.56. The molecule has 0 radical (unpaired) electrons. The van der Waals surface area contributed by atoms with E-state index in [1.54, 1.807) is 19.1 Å². The number of esters is 1. The minimum Gasteiger partial charge on any atom is -0.465 e. The Bertz CT molecular complexity index is 925. The fourth-order valence-electron chi connectivity index (χ4n) is 3.30. The van der Waals surface area contributed by atoms with Crippen molar-refractivity contribution < 1.29 is 22.3 Å². The van der Waals surface area contributed by atoms with Crippen LogP contribution in [0.4, 0.5) is 4.39 Å². The highest BCUT2D eigenvalue weighted by Crippen LogP contribution is 2.56. The monoisotopic (exact) mass is 377 g/mol. The SMILES string of the molecule is CCOC(=O)[C@@]1(N)[C@H](S(=O)(=O)c2ccc(C)cc2)[C@@H]1c1ccc(F)cc1. The number of rotatable bonds is 5. The lowest BCUT2D eigenvalue weighted by atomic mass is 10.1. The van der Waals surface area contributed by atoms with Crippen LogP contribution < -0.4 is 5.73 Å². The van der Waals surface area contributed by atoms with Gasteiger partial charge in [-0.15, -0.1) is 0 Å². The van der Waals surface area contributed by atoms with Crippen LogP contribution in [-0.4, -0.2) is 31.8 Å². The van der Waals surface area contributed by atoms with Gasteiger partial charge in [0.05, 0.1) is 11.5 Å². The Hall–Kier alpha value is -2.25. The van der Waals surface area contributed by atoms with Crippen molar-refractivity contribution in [3.63, 3.8) is 0 Å². The lowest BCUT2D eigenvalue weighted by molar-refractivity contribution is -0.145. The number of aryl methyl sites for hydroxylation is 1. The molecule has 2 N–H and O–H groups in total. The first-order valence-electron chi connectivity index (χ1n) is 8.25. The molecule has 26 heavy (non-hydrogen) atoms. The summed E-state index contributed by atoms with van der Waals surface area (Å²) < 4.78 is 44.5. The summed E-state index contributed by atoms with van der Waals surface area (Å²) in [5.41, 5.74) is 5.95. The minimum atomic E-state index is -3.88. The van der Waals surface area contributed by atoms with Crippen LogP contribution in [0, 0.1) is 12.7 Å². The quantitative estimate of drug-likeness (QED) is 0.808. The zero-order chi connectivity index (χ0) is 19.1. The smallest absolute Gasteiger partial charge is 0.328 e. The first kappa shape index (κ1) is 18.5. The first-order chi connectivity index (χ1) is 12.2. The van der Waals surface area contributed by atoms with Gasteiger partial charge in [-0.2, -0.15) is 0 Å². The molecule has 138 valence electrons. The molecular weight excluding hydrogens is 357 g/mol. The second-order valence-electron chi connectivity index (χ2n) is 6.46. The molecule has 0 bridgehead atoms. The summed E-state index contributed by atoms with van der Waals surface area (Å²) in [5.74, 6) is -2.02. The van der Waals surface area contributed by atoms with Gasteiger partial charge in [0.25, 0.3) is 0 Å². The second kappa shape index (κ2) is 6.48. The van der Waals surface area contributed by atoms with E-state index in [4.69, 9.17) is 10.5 Å². The minimum absolute atomic E-state index is 0.0885. The predicted octanol–water partition coefficient (Wildman–Crippen LogP) is 2.33. The standard InChI is InChI=1S/C19H20FNO4S/c1-3-25-18(22)19(21)16(13-6-8-14(20)9-7-13)17(19)26(23,24)15-10-4-12(2)5-11-15/h4-11,16-17H,3,21H2,1-2H3/t16-,17+,19-/m0/s1. The number of benzene rings is 2. The Labute approximate surface area is 151 Å². The molecule has 0 unspecified atom stereocenters. The Morgan fingerprint density at radius 1 is 1.15 bits per heavy atom. The van der Waals surface area contributed by atoms with E-state index in [0.717, 1.165) is 5.56 Å². The average molecular weight is 377 g/mol. The van der Waals surface area contributed by atoms with Crippen molar-refractivity contribution >= 4 is 15.8 Å². The van der Waals surface area contributed by atoms with Crippen LogP contribution in [0.15, 0.2) is 53.4 Å². The predicted molar refractivity (Wildman–Crippen MR) is 94.8 cm³/mol. The number of carbonyl (C=O) groups excluding carboxylic acids is 1. The largest absolute Gasteiger partial charge is 0.465 e. The number of halogens is 1. The molecule has 1 aliphatic rings. The molecule has 0 saturated heterocycles. The van der Waals surface area contributed by atoms with Crippen molar-refractivity contribution in [2.75, 3.05) is 6.61 Å². The lowest BCUT2D eigenvalue weighted by Crippen LogP contribution is -2.41. The zero-order valence-corrected chi connectivity index (χ0v) is 15.3. The molecule has 2 aromatic carbocycles. The van der Waals surface area contributed by atoms with Gasteiger partial charge in [-0.05, 0) is 43.7 Å². The van der Waals surface area contributed by atoms with Crippen molar-refractivity contribution in [1.82, 2.24) is 0 Å². The van der Waals surface area contributed by atoms with Gasteiger partial charge in [-0.1, -0.05) is 29.8 Å². The number of carbonyl (C=O) groups is 1. The van der Waals surface area contributed by atoms with Crippen LogP contribution in [0.2, 0.25) is 0 Å². The van der Waals surface area contributed by atoms with Crippen LogP contribution in [0.5, 0.6) is 0 Å². The van der Waals surface area contributed by atoms with E-state index in [-0.39, 0.29) is 11.5 Å². The van der Waals surface area contributed by atoms with E-state index in [9.17, 15) is 17.6 Å². The number of hydrogen-bond donors (Lipinski definition) is 1. The van der Waals surface area contributed by atoms with E-state index in [1.807, 2.05) is 6.92 Å². The highest BCUT2D eigenvalue weighted by Gasteiger charge is 2.74. The molecule has 2 aromatic rings. The number of nitrogens with two attached hydrogens (primary N) is 1. The molecule has 0 amide bonds. The summed E-state index contributed by atoms with van der Waals surface area (Å²) >= 11 is 0. The van der Waals surface area contributed by atoms with Gasteiger partial charge in [0.1, 0.15) is 16.6 Å². The summed E-state index contributed by atoms with van der Waals surface area (Å²) in [5, 5.41) is -1.16. The highest BCUT2D eigenvalue weighted by molar-refractivity contribution is 7.92. The van der Waals surface area contributed by atoms with Gasteiger partial charge in [0, 0.05) is 5.92 Å². The summed E-state index contributed by atoms with van der Waals surface area (Å²) in [6, 6.07) is 11.7. The topological polar surface area (TPSA) is 86.5 Å². The Kier molecular flexibility index (Phi) is 4.62. The third-order valence-corrected chi connectivity index (χ3v) is 6.98. The maximum absolute atomic E-state index is 13.2. The van der Waals surface area contributed by atoms with Gasteiger partial charge < -0.3 is 10.5 Å². The normalized spacial score (nSPS) is 24.9. The van der Waals surface area contributed by atoms with Crippen molar-refractivity contribution in [3.8, 4) is 0 Å². The Morgan fingerprint density at radius 2 is 1.73 bits per heavy atom. The lowest BCUT2D eigenvalue weighted by Gasteiger charge is -2.11. The fourth-order valence-corrected chi connectivity index (χ4v) is 5.53. The molecule has 5 nitrogen and oxygen atoms in total. The van der Waals surface area contributed by atoms with Crippen LogP contribution in [0.3, 0.4) is 0 Å². The van der Waals surface area contributed by atoms with Gasteiger partial charge >= 0.3 is 5.97 Å². The molecule has 7 heteroatoms. The second-order valence-corrected chi connectivity index (χ2v) is 8.53. The molecule has 3 rings (SSSR count). The summed E-state index contributed by atoms with van der Waals surface area (Å²) in [6.07, 6.45) is 0. The van der Waals surface area contributed by atoms with Crippen molar-refractivity contribution in [1.29, 1.82) is 0 Å². The van der Waals surface area contributed by atoms with Crippen LogP contribution >= 0.6 is 0 Å². The summed E-state index contributed by atoms with van der Waals surface area (Å²) in [4.78, 5) is 12.5. The van der Waals surface area contributed by atoms with Gasteiger partial charge in [0.2, 0.25) is 0 Å². The van der Waals surface area contributed by atoms with Crippen LogP contribution in [-0.2, 0) is 19.4 Å². The van der Waals surface area contributed by atoms with E-state index in [0.29, 0.717) is 5.56 Å². The molecule has 1 saturated carbocycles. The van der Waals surface area contributed by atoms with E-state index in [1.165, 1.54) is 36.4 Å². The molecule has 0 heterocycles. The molecule has 0 spiro atoms. The molecule has 0 aromatic heterocycles. The maximum Gasteiger partial charge on any atom is 0.328 e. The third-order valence-electron chi connectivity index (χ3n) is 4.72. The number of hydrogen-bond acceptors (Lipinski definition) is 5. The van der Waals surface area contributed by atoms with Gasteiger partial charge in [0.15, 0.2) is 9.84 Å². The Balaban J connectivity index is 2.06. The molecule has 3 atom stereocenters. The van der Waals surface area contributed by atoms with E-state index >= 15 is 0 Å². The van der Waals surface area contributed by atoms with Gasteiger partial charge in [-0.25, -0.2) is 17.6 Å². The van der Waals surface area contributed by atoms with Crippen molar-refractivity contribution in [2.24, 2.45) is 5.73 Å². The van der Waals surface area contributed by atoms with E-state index < -0.39 is 38.3 Å². The van der Waals surface area contributed by atoms with E-state index in [2.05, 4.69) is 0 Å². The number of sulfone groups is 1. The number of ether oxygens (including phenoxy) is 1. The van der Waals surface area contributed by atoms with Crippen molar-refractivity contribution in [2.45, 2.75) is 35.4 Å². The molecule has 1 aliphatic carbocycles. The van der Waals surface area contributed by atoms with Crippen LogP contribution in [0.1, 0.15) is 24.0 Å². The first-order valence-corrected chi connectivity index (χ1v) is 9.79. The molecular formula is C19H20FNO4S. The average Bonchev–Trinajstić information content (AvgIpc) is 3.25. The fraction of sp³-hybridized carbons (Fsp3) is 0.316.